The zero-order valence-electron chi connectivity index (χ0n) is 16.5. The molecule has 166 valence electrons. The standard InChI is InChI=1S/C18H18ClN3O5S4/c1-3-27-17(24)14-9(2)13-16(29-14)21-18(30-13)20-15(23)10-5-4-8-22(10)31(25,26)12-7-6-11(19)28-12/h6-7,10H,3-5,8H2,1-2H3,(H,20,21,23). The van der Waals surface area contributed by atoms with Crippen molar-refractivity contribution >= 4 is 82.2 Å². The Morgan fingerprint density at radius 2 is 2.10 bits per heavy atom. The first-order valence-corrected chi connectivity index (χ1v) is 13.6. The molecule has 3 aromatic heterocycles. The van der Waals surface area contributed by atoms with Crippen LogP contribution in [0.25, 0.3) is 9.53 Å². The van der Waals surface area contributed by atoms with Gasteiger partial charge in [0.25, 0.3) is 10.0 Å². The minimum Gasteiger partial charge on any atom is -0.462 e. The number of sulfonamides is 1. The Labute approximate surface area is 195 Å². The molecule has 1 saturated heterocycles. The summed E-state index contributed by atoms with van der Waals surface area (Å²) in [4.78, 5) is 30.5. The fourth-order valence-electron chi connectivity index (χ4n) is 3.36. The summed E-state index contributed by atoms with van der Waals surface area (Å²) in [6.07, 6.45) is 1.02. The van der Waals surface area contributed by atoms with Crippen LogP contribution >= 0.6 is 45.6 Å². The van der Waals surface area contributed by atoms with Crippen molar-refractivity contribution in [2.45, 2.75) is 36.9 Å². The summed E-state index contributed by atoms with van der Waals surface area (Å²) in [5.74, 6) is -0.810. The minimum absolute atomic E-state index is 0.120. The van der Waals surface area contributed by atoms with Gasteiger partial charge in [0.05, 0.1) is 15.6 Å². The van der Waals surface area contributed by atoms with Crippen molar-refractivity contribution in [2.24, 2.45) is 0 Å². The van der Waals surface area contributed by atoms with Gasteiger partial charge in [0.2, 0.25) is 5.91 Å². The molecule has 0 saturated carbocycles. The Hall–Kier alpha value is -1.57. The van der Waals surface area contributed by atoms with Gasteiger partial charge in [0, 0.05) is 6.54 Å². The normalized spacial score (nSPS) is 17.3. The fraction of sp³-hybridized carbons (Fsp3) is 0.389. The second-order valence-corrected chi connectivity index (χ2v) is 12.6. The van der Waals surface area contributed by atoms with Gasteiger partial charge in [-0.25, -0.2) is 18.2 Å². The van der Waals surface area contributed by atoms with Gasteiger partial charge in [0.15, 0.2) is 5.13 Å². The molecule has 8 nitrogen and oxygen atoms in total. The van der Waals surface area contributed by atoms with E-state index >= 15 is 0 Å². The van der Waals surface area contributed by atoms with Gasteiger partial charge < -0.3 is 10.1 Å². The van der Waals surface area contributed by atoms with Crippen molar-refractivity contribution in [3.63, 3.8) is 0 Å². The molecule has 1 fully saturated rings. The maximum absolute atomic E-state index is 13.0. The number of aryl methyl sites for hydroxylation is 1. The second-order valence-electron chi connectivity index (χ2n) is 6.75. The third-order valence-corrected chi connectivity index (χ3v) is 10.8. The molecule has 1 aliphatic heterocycles. The maximum Gasteiger partial charge on any atom is 0.348 e. The lowest BCUT2D eigenvalue weighted by molar-refractivity contribution is -0.119. The van der Waals surface area contributed by atoms with Crippen LogP contribution < -0.4 is 5.32 Å². The van der Waals surface area contributed by atoms with Crippen molar-refractivity contribution in [1.29, 1.82) is 0 Å². The molecule has 0 radical (unpaired) electrons. The number of thiazole rings is 1. The van der Waals surface area contributed by atoms with E-state index in [0.29, 0.717) is 32.0 Å². The maximum atomic E-state index is 13.0. The number of hydrogen-bond donors (Lipinski definition) is 1. The van der Waals surface area contributed by atoms with Crippen molar-refractivity contribution in [1.82, 2.24) is 9.29 Å². The predicted octanol–water partition coefficient (Wildman–Crippen LogP) is 4.35. The summed E-state index contributed by atoms with van der Waals surface area (Å²) in [7, 11) is -3.81. The van der Waals surface area contributed by atoms with Crippen LogP contribution in [0.2, 0.25) is 4.34 Å². The summed E-state index contributed by atoms with van der Waals surface area (Å²) in [5, 5.41) is 3.12. The van der Waals surface area contributed by atoms with E-state index in [1.807, 2.05) is 6.92 Å². The summed E-state index contributed by atoms with van der Waals surface area (Å²) in [6, 6.07) is 2.16. The number of nitrogens with zero attached hydrogens (tertiary/aromatic N) is 2. The van der Waals surface area contributed by atoms with Crippen LogP contribution in [0, 0.1) is 6.92 Å². The van der Waals surface area contributed by atoms with E-state index in [0.717, 1.165) is 21.6 Å². The molecule has 1 unspecified atom stereocenters. The zero-order chi connectivity index (χ0) is 22.3. The average Bonchev–Trinajstić information content (AvgIpc) is 3.47. The first kappa shape index (κ1) is 22.6. The molecule has 31 heavy (non-hydrogen) atoms. The van der Waals surface area contributed by atoms with Gasteiger partial charge in [-0.05, 0) is 44.4 Å². The Morgan fingerprint density at radius 3 is 2.74 bits per heavy atom. The summed E-state index contributed by atoms with van der Waals surface area (Å²) in [6.45, 7) is 4.11. The van der Waals surface area contributed by atoms with E-state index in [9.17, 15) is 18.0 Å². The monoisotopic (exact) mass is 519 g/mol. The number of nitrogens with one attached hydrogen (secondary N) is 1. The van der Waals surface area contributed by atoms with Gasteiger partial charge in [-0.2, -0.15) is 4.31 Å². The highest BCUT2D eigenvalue weighted by atomic mass is 35.5. The van der Waals surface area contributed by atoms with E-state index in [1.54, 1.807) is 6.92 Å². The van der Waals surface area contributed by atoms with Gasteiger partial charge in [-0.15, -0.1) is 22.7 Å². The first-order chi connectivity index (χ1) is 14.7. The summed E-state index contributed by atoms with van der Waals surface area (Å²) in [5.41, 5.74) is 0.760. The number of carbonyl (C=O) groups excluding carboxylic acids is 2. The number of esters is 1. The van der Waals surface area contributed by atoms with Gasteiger partial charge in [-0.3, -0.25) is 4.79 Å². The van der Waals surface area contributed by atoms with Crippen molar-refractivity contribution in [3.8, 4) is 0 Å². The molecule has 1 amide bonds. The molecule has 0 spiro atoms. The predicted molar refractivity (Wildman–Crippen MR) is 123 cm³/mol. The minimum atomic E-state index is -3.81. The van der Waals surface area contributed by atoms with Crippen LogP contribution in [0.3, 0.4) is 0 Å². The lowest BCUT2D eigenvalue weighted by atomic mass is 10.2. The number of hydrogen-bond acceptors (Lipinski definition) is 9. The number of aromatic nitrogens is 1. The van der Waals surface area contributed by atoms with Gasteiger partial charge >= 0.3 is 5.97 Å². The molecule has 13 heteroatoms. The van der Waals surface area contributed by atoms with Crippen molar-refractivity contribution in [2.75, 3.05) is 18.5 Å². The summed E-state index contributed by atoms with van der Waals surface area (Å²) < 4.78 is 33.5. The Balaban J connectivity index is 1.53. The van der Waals surface area contributed by atoms with Gasteiger partial charge in [0.1, 0.15) is 20.0 Å². The van der Waals surface area contributed by atoms with E-state index in [4.69, 9.17) is 16.3 Å². The molecule has 0 bridgehead atoms. The number of anilines is 1. The highest BCUT2D eigenvalue weighted by Crippen LogP contribution is 2.38. The van der Waals surface area contributed by atoms with E-state index in [1.165, 1.54) is 39.1 Å². The Kier molecular flexibility index (Phi) is 6.39. The number of ether oxygens (including phenoxy) is 1. The second kappa shape index (κ2) is 8.75. The molecule has 1 atom stereocenters. The number of thiophene rings is 2. The first-order valence-electron chi connectivity index (χ1n) is 9.37. The largest absolute Gasteiger partial charge is 0.462 e. The Morgan fingerprint density at radius 1 is 1.32 bits per heavy atom. The lowest BCUT2D eigenvalue weighted by Gasteiger charge is -2.22. The van der Waals surface area contributed by atoms with Crippen LogP contribution in [0.1, 0.15) is 35.0 Å². The molecule has 4 rings (SSSR count). The topological polar surface area (TPSA) is 106 Å². The highest BCUT2D eigenvalue weighted by Gasteiger charge is 2.40. The van der Waals surface area contributed by atoms with Crippen LogP contribution in [0.4, 0.5) is 5.13 Å². The zero-order valence-corrected chi connectivity index (χ0v) is 20.5. The van der Waals surface area contributed by atoms with Crippen LogP contribution in [-0.2, 0) is 19.6 Å². The van der Waals surface area contributed by atoms with Crippen molar-refractivity contribution < 1.29 is 22.7 Å². The Bertz CT molecular complexity index is 1260. The number of rotatable bonds is 6. The van der Waals surface area contributed by atoms with Crippen LogP contribution in [0.5, 0.6) is 0 Å². The smallest absolute Gasteiger partial charge is 0.348 e. The van der Waals surface area contributed by atoms with E-state index in [2.05, 4.69) is 10.3 Å². The number of amides is 1. The van der Waals surface area contributed by atoms with E-state index < -0.39 is 22.0 Å². The molecule has 3 aromatic rings. The van der Waals surface area contributed by atoms with Crippen LogP contribution in [0.15, 0.2) is 16.3 Å². The number of carbonyl (C=O) groups is 2. The molecular formula is C18H18ClN3O5S4. The fourth-order valence-corrected chi connectivity index (χ4v) is 8.85. The third-order valence-electron chi connectivity index (χ3n) is 4.78. The quantitative estimate of drug-likeness (QED) is 0.485. The highest BCUT2D eigenvalue weighted by molar-refractivity contribution is 7.91. The molecule has 4 heterocycles. The summed E-state index contributed by atoms with van der Waals surface area (Å²) >= 11 is 9.32. The molecule has 1 N–H and O–H groups in total. The van der Waals surface area contributed by atoms with Crippen molar-refractivity contribution in [3.05, 3.63) is 26.9 Å². The molecule has 0 aliphatic carbocycles. The SMILES string of the molecule is CCOC(=O)c1sc2nc(NC(=O)C3CCCN3S(=O)(=O)c3ccc(Cl)s3)sc2c1C. The van der Waals surface area contributed by atoms with Crippen LogP contribution in [-0.4, -0.2) is 48.8 Å². The molecular weight excluding hydrogens is 502 g/mol. The van der Waals surface area contributed by atoms with E-state index in [-0.39, 0.29) is 23.3 Å². The lowest BCUT2D eigenvalue weighted by Crippen LogP contribution is -2.42. The van der Waals surface area contributed by atoms with Gasteiger partial charge in [-0.1, -0.05) is 22.9 Å². The third kappa shape index (κ3) is 4.24. The average molecular weight is 520 g/mol. The number of fused-ring (bicyclic) bond motifs is 1. The molecule has 0 aromatic carbocycles. The molecule has 1 aliphatic rings. The number of halogens is 1.